The first-order chi connectivity index (χ1) is 7.74. The third kappa shape index (κ3) is 2.06. The van der Waals surface area contributed by atoms with E-state index in [1.807, 2.05) is 6.92 Å². The molecule has 0 bridgehead atoms. The lowest BCUT2D eigenvalue weighted by Gasteiger charge is -2.36. The summed E-state index contributed by atoms with van der Waals surface area (Å²) in [6.45, 7) is 3.25. The van der Waals surface area contributed by atoms with Gasteiger partial charge in [-0.3, -0.25) is 9.59 Å². The number of piperazine rings is 1. The lowest BCUT2D eigenvalue weighted by atomic mass is 10.0. The lowest BCUT2D eigenvalue weighted by molar-refractivity contribution is -0.146. The molecule has 0 aromatic heterocycles. The molecule has 1 N–H and O–H groups in total. The van der Waals surface area contributed by atoms with Gasteiger partial charge in [-0.05, 0) is 19.3 Å². The molecule has 1 saturated heterocycles. The molecule has 2 amide bonds. The van der Waals surface area contributed by atoms with Gasteiger partial charge in [-0.25, -0.2) is 0 Å². The van der Waals surface area contributed by atoms with Crippen molar-refractivity contribution < 1.29 is 9.59 Å². The Labute approximate surface area is 96.4 Å². The van der Waals surface area contributed by atoms with Crippen LogP contribution in [0.5, 0.6) is 0 Å². The van der Waals surface area contributed by atoms with E-state index >= 15 is 0 Å². The van der Waals surface area contributed by atoms with Gasteiger partial charge in [0.05, 0.1) is 0 Å². The predicted octanol–water partition coefficient (Wildman–Crippen LogP) is 0.914. The van der Waals surface area contributed by atoms with Crippen molar-refractivity contribution in [2.24, 2.45) is 5.92 Å². The van der Waals surface area contributed by atoms with Gasteiger partial charge in [0.25, 0.3) is 0 Å². The monoisotopic (exact) mass is 224 g/mol. The summed E-state index contributed by atoms with van der Waals surface area (Å²) >= 11 is 0. The summed E-state index contributed by atoms with van der Waals surface area (Å²) in [6.07, 6.45) is 5.05. The third-order valence-electron chi connectivity index (χ3n) is 3.70. The van der Waals surface area contributed by atoms with E-state index in [0.717, 1.165) is 25.7 Å². The van der Waals surface area contributed by atoms with Crippen LogP contribution in [0.1, 0.15) is 39.0 Å². The topological polar surface area (TPSA) is 49.4 Å². The number of nitrogens with one attached hydrogen (secondary N) is 1. The molecule has 90 valence electrons. The first-order valence-corrected chi connectivity index (χ1v) is 6.32. The molecule has 1 aliphatic carbocycles. The van der Waals surface area contributed by atoms with Crippen LogP contribution in [-0.4, -0.2) is 35.8 Å². The second kappa shape index (κ2) is 4.85. The Morgan fingerprint density at radius 1 is 1.44 bits per heavy atom. The van der Waals surface area contributed by atoms with E-state index in [0.29, 0.717) is 19.5 Å². The van der Waals surface area contributed by atoms with Crippen LogP contribution in [0.25, 0.3) is 0 Å². The van der Waals surface area contributed by atoms with E-state index in [1.165, 1.54) is 0 Å². The molecule has 1 atom stereocenters. The highest BCUT2D eigenvalue weighted by atomic mass is 16.2. The molecule has 0 spiro atoms. The fourth-order valence-corrected chi connectivity index (χ4v) is 2.79. The standard InChI is InChI=1S/C12H20N2O2/c1-2-10-11(15)13-7-8-14(10)12(16)9-5-3-4-6-9/h9-10H,2-8H2,1H3,(H,13,15). The summed E-state index contributed by atoms with van der Waals surface area (Å²) in [5.74, 6) is 0.402. The third-order valence-corrected chi connectivity index (χ3v) is 3.70. The van der Waals surface area contributed by atoms with Crippen molar-refractivity contribution in [3.8, 4) is 0 Å². The maximum absolute atomic E-state index is 12.3. The smallest absolute Gasteiger partial charge is 0.242 e. The van der Waals surface area contributed by atoms with Crippen LogP contribution in [-0.2, 0) is 9.59 Å². The molecule has 2 rings (SSSR count). The Morgan fingerprint density at radius 3 is 2.75 bits per heavy atom. The molecule has 1 aliphatic heterocycles. The minimum atomic E-state index is -0.234. The molecule has 4 nitrogen and oxygen atoms in total. The van der Waals surface area contributed by atoms with Crippen LogP contribution in [0.15, 0.2) is 0 Å². The zero-order chi connectivity index (χ0) is 11.5. The lowest BCUT2D eigenvalue weighted by Crippen LogP contribution is -2.57. The average molecular weight is 224 g/mol. The summed E-state index contributed by atoms with van der Waals surface area (Å²) in [5, 5.41) is 2.83. The fraction of sp³-hybridized carbons (Fsp3) is 0.833. The van der Waals surface area contributed by atoms with E-state index in [2.05, 4.69) is 5.32 Å². The number of hydrogen-bond donors (Lipinski definition) is 1. The molecule has 2 fully saturated rings. The maximum Gasteiger partial charge on any atom is 0.242 e. The van der Waals surface area contributed by atoms with E-state index in [9.17, 15) is 9.59 Å². The minimum Gasteiger partial charge on any atom is -0.353 e. The minimum absolute atomic E-state index is 0.0140. The summed E-state index contributed by atoms with van der Waals surface area (Å²) in [7, 11) is 0. The van der Waals surface area contributed by atoms with E-state index in [-0.39, 0.29) is 23.8 Å². The molecule has 1 unspecified atom stereocenters. The molecule has 0 aromatic rings. The quantitative estimate of drug-likeness (QED) is 0.758. The van der Waals surface area contributed by atoms with Crippen molar-refractivity contribution >= 4 is 11.8 Å². The number of carbonyl (C=O) groups excluding carboxylic acids is 2. The number of carbonyl (C=O) groups is 2. The second-order valence-electron chi connectivity index (χ2n) is 4.73. The highest BCUT2D eigenvalue weighted by molar-refractivity contribution is 5.89. The van der Waals surface area contributed by atoms with Crippen molar-refractivity contribution in [1.29, 1.82) is 0 Å². The van der Waals surface area contributed by atoms with Crippen molar-refractivity contribution in [3.05, 3.63) is 0 Å². The van der Waals surface area contributed by atoms with Gasteiger partial charge in [0.2, 0.25) is 11.8 Å². The zero-order valence-corrected chi connectivity index (χ0v) is 9.87. The summed E-state index contributed by atoms with van der Waals surface area (Å²) in [6, 6.07) is -0.234. The highest BCUT2D eigenvalue weighted by Gasteiger charge is 2.35. The van der Waals surface area contributed by atoms with Crippen molar-refractivity contribution in [2.45, 2.75) is 45.1 Å². The van der Waals surface area contributed by atoms with Gasteiger partial charge in [-0.15, -0.1) is 0 Å². The SMILES string of the molecule is CCC1C(=O)NCCN1C(=O)C1CCCC1. The fourth-order valence-electron chi connectivity index (χ4n) is 2.79. The van der Waals surface area contributed by atoms with Crippen LogP contribution in [0, 0.1) is 5.92 Å². The molecule has 0 radical (unpaired) electrons. The molecular formula is C12H20N2O2. The zero-order valence-electron chi connectivity index (χ0n) is 9.87. The predicted molar refractivity (Wildman–Crippen MR) is 60.8 cm³/mol. The number of hydrogen-bond acceptors (Lipinski definition) is 2. The first kappa shape index (κ1) is 11.4. The van der Waals surface area contributed by atoms with Crippen LogP contribution >= 0.6 is 0 Å². The van der Waals surface area contributed by atoms with Crippen LogP contribution in [0.3, 0.4) is 0 Å². The number of rotatable bonds is 2. The Morgan fingerprint density at radius 2 is 2.12 bits per heavy atom. The Kier molecular flexibility index (Phi) is 3.46. The van der Waals surface area contributed by atoms with Gasteiger partial charge in [0.1, 0.15) is 6.04 Å². The van der Waals surface area contributed by atoms with Crippen molar-refractivity contribution in [1.82, 2.24) is 10.2 Å². The second-order valence-corrected chi connectivity index (χ2v) is 4.73. The Hall–Kier alpha value is -1.06. The molecule has 1 heterocycles. The number of nitrogens with zero attached hydrogens (tertiary/aromatic N) is 1. The van der Waals surface area contributed by atoms with Gasteiger partial charge >= 0.3 is 0 Å². The summed E-state index contributed by atoms with van der Waals surface area (Å²) in [4.78, 5) is 25.7. The summed E-state index contributed by atoms with van der Waals surface area (Å²) < 4.78 is 0. The Balaban J connectivity index is 2.05. The molecule has 4 heteroatoms. The van der Waals surface area contributed by atoms with Crippen LogP contribution in [0.2, 0.25) is 0 Å². The van der Waals surface area contributed by atoms with E-state index in [4.69, 9.17) is 0 Å². The molecular weight excluding hydrogens is 204 g/mol. The van der Waals surface area contributed by atoms with Gasteiger partial charge in [0.15, 0.2) is 0 Å². The Bertz CT molecular complexity index is 285. The molecule has 16 heavy (non-hydrogen) atoms. The molecule has 1 saturated carbocycles. The average Bonchev–Trinajstić information content (AvgIpc) is 2.81. The largest absolute Gasteiger partial charge is 0.353 e. The van der Waals surface area contributed by atoms with Gasteiger partial charge in [-0.2, -0.15) is 0 Å². The van der Waals surface area contributed by atoms with E-state index < -0.39 is 0 Å². The van der Waals surface area contributed by atoms with Gasteiger partial charge in [0, 0.05) is 19.0 Å². The number of amides is 2. The van der Waals surface area contributed by atoms with Crippen LogP contribution < -0.4 is 5.32 Å². The van der Waals surface area contributed by atoms with Crippen LogP contribution in [0.4, 0.5) is 0 Å². The summed E-state index contributed by atoms with van der Waals surface area (Å²) in [5.41, 5.74) is 0. The first-order valence-electron chi connectivity index (χ1n) is 6.32. The van der Waals surface area contributed by atoms with Gasteiger partial charge < -0.3 is 10.2 Å². The van der Waals surface area contributed by atoms with Crippen molar-refractivity contribution in [3.63, 3.8) is 0 Å². The molecule has 2 aliphatic rings. The van der Waals surface area contributed by atoms with Gasteiger partial charge in [-0.1, -0.05) is 19.8 Å². The van der Waals surface area contributed by atoms with Crippen molar-refractivity contribution in [2.75, 3.05) is 13.1 Å². The van der Waals surface area contributed by atoms with E-state index in [1.54, 1.807) is 4.90 Å². The normalized spacial score (nSPS) is 26.9. The molecule has 0 aromatic carbocycles. The highest BCUT2D eigenvalue weighted by Crippen LogP contribution is 2.27. The maximum atomic E-state index is 12.3.